The van der Waals surface area contributed by atoms with Gasteiger partial charge in [-0.1, -0.05) is 70.9 Å². The number of aliphatic imine (C=N–C) groups is 1. The maximum atomic E-state index is 12.6. The minimum absolute atomic E-state index is 0.0801. The van der Waals surface area contributed by atoms with Crippen LogP contribution < -0.4 is 0 Å². The number of rotatable bonds is 4. The number of carbonyl (C=O) groups is 1. The molecule has 0 aliphatic carbocycles. The molecule has 0 saturated carbocycles. The molecule has 130 valence electrons. The monoisotopic (exact) mass is 392 g/mol. The first-order valence-corrected chi connectivity index (χ1v) is 9.74. The van der Waals surface area contributed by atoms with E-state index >= 15 is 0 Å². The standard InChI is InChI=1S/C19H18Cl2N2OS/c1-13-3-2-4-14(9-13)10-18(24)23-8-7-22-19(23)25-12-15-5-6-16(20)11-17(15)21/h2-6,9,11H,7-8,10,12H2,1H3. The summed E-state index contributed by atoms with van der Waals surface area (Å²) in [5.74, 6) is 0.736. The zero-order chi connectivity index (χ0) is 17.8. The van der Waals surface area contributed by atoms with E-state index < -0.39 is 0 Å². The summed E-state index contributed by atoms with van der Waals surface area (Å²) in [6.07, 6.45) is 0.392. The first kappa shape index (κ1) is 18.3. The second-order valence-electron chi connectivity index (χ2n) is 5.90. The van der Waals surface area contributed by atoms with Crippen LogP contribution in [0.1, 0.15) is 16.7 Å². The molecule has 0 radical (unpaired) electrons. The van der Waals surface area contributed by atoms with Crippen molar-refractivity contribution in [2.75, 3.05) is 13.1 Å². The Bertz CT molecular complexity index is 823. The number of thioether (sulfide) groups is 1. The predicted molar refractivity (Wildman–Crippen MR) is 107 cm³/mol. The average molecular weight is 393 g/mol. The van der Waals surface area contributed by atoms with Gasteiger partial charge in [0.1, 0.15) is 0 Å². The summed E-state index contributed by atoms with van der Waals surface area (Å²) in [6.45, 7) is 3.32. The molecular weight excluding hydrogens is 375 g/mol. The molecule has 0 saturated heterocycles. The summed E-state index contributed by atoms with van der Waals surface area (Å²) in [5.41, 5.74) is 3.17. The molecule has 1 aliphatic rings. The molecule has 1 heterocycles. The number of amides is 1. The Labute approximate surface area is 162 Å². The van der Waals surface area contributed by atoms with Crippen molar-refractivity contribution in [2.45, 2.75) is 19.1 Å². The van der Waals surface area contributed by atoms with Gasteiger partial charge in [0.05, 0.1) is 13.0 Å². The number of halogens is 2. The van der Waals surface area contributed by atoms with Gasteiger partial charge in [0, 0.05) is 22.3 Å². The van der Waals surface area contributed by atoms with Crippen molar-refractivity contribution in [3.05, 3.63) is 69.2 Å². The number of nitrogens with zero attached hydrogens (tertiary/aromatic N) is 2. The van der Waals surface area contributed by atoms with Crippen molar-refractivity contribution in [3.8, 4) is 0 Å². The molecule has 0 bridgehead atoms. The molecular formula is C19H18Cl2N2OS. The van der Waals surface area contributed by atoms with Crippen LogP contribution in [-0.4, -0.2) is 29.1 Å². The van der Waals surface area contributed by atoms with Crippen molar-refractivity contribution in [3.63, 3.8) is 0 Å². The van der Waals surface area contributed by atoms with Crippen molar-refractivity contribution in [1.29, 1.82) is 0 Å². The quantitative estimate of drug-likeness (QED) is 0.734. The number of benzene rings is 2. The summed E-state index contributed by atoms with van der Waals surface area (Å²) >= 11 is 13.7. The molecule has 0 N–H and O–H groups in total. The molecule has 2 aromatic carbocycles. The van der Waals surface area contributed by atoms with Crippen molar-refractivity contribution in [2.24, 2.45) is 4.99 Å². The van der Waals surface area contributed by atoms with Crippen LogP contribution >= 0.6 is 35.0 Å². The highest BCUT2D eigenvalue weighted by Gasteiger charge is 2.24. The third-order valence-corrected chi connectivity index (χ3v) is 5.56. The molecule has 1 aliphatic heterocycles. The average Bonchev–Trinajstić information content (AvgIpc) is 3.03. The lowest BCUT2D eigenvalue weighted by Gasteiger charge is -2.18. The third-order valence-electron chi connectivity index (χ3n) is 3.91. The Morgan fingerprint density at radius 1 is 1.24 bits per heavy atom. The molecule has 25 heavy (non-hydrogen) atoms. The molecule has 0 aromatic heterocycles. The third kappa shape index (κ3) is 4.78. The Kier molecular flexibility index (Phi) is 6.05. The van der Waals surface area contributed by atoms with E-state index in [1.165, 1.54) is 11.8 Å². The van der Waals surface area contributed by atoms with Gasteiger partial charge in [0.15, 0.2) is 5.17 Å². The number of aryl methyl sites for hydroxylation is 1. The molecule has 1 amide bonds. The molecule has 3 rings (SSSR count). The first-order valence-electron chi connectivity index (χ1n) is 8.00. The van der Waals surface area contributed by atoms with Gasteiger partial charge in [-0.05, 0) is 30.2 Å². The van der Waals surface area contributed by atoms with Crippen molar-refractivity contribution in [1.82, 2.24) is 4.90 Å². The number of hydrogen-bond donors (Lipinski definition) is 0. The van der Waals surface area contributed by atoms with Gasteiger partial charge in [-0.15, -0.1) is 0 Å². The molecule has 0 unspecified atom stereocenters. The van der Waals surface area contributed by atoms with Crippen LogP contribution in [0.4, 0.5) is 0 Å². The van der Waals surface area contributed by atoms with Gasteiger partial charge in [-0.3, -0.25) is 14.7 Å². The van der Waals surface area contributed by atoms with E-state index in [2.05, 4.69) is 4.99 Å². The van der Waals surface area contributed by atoms with Gasteiger partial charge in [0.25, 0.3) is 0 Å². The Balaban J connectivity index is 1.63. The molecule has 3 nitrogen and oxygen atoms in total. The SMILES string of the molecule is Cc1cccc(CC(=O)N2CCN=C2SCc2ccc(Cl)cc2Cl)c1. The van der Waals surface area contributed by atoms with Gasteiger partial charge in [0.2, 0.25) is 5.91 Å². The fraction of sp³-hybridized carbons (Fsp3) is 0.263. The summed E-state index contributed by atoms with van der Waals surface area (Å²) in [5, 5.41) is 2.02. The van der Waals surface area contributed by atoms with E-state index in [0.717, 1.165) is 21.9 Å². The number of amidine groups is 1. The fourth-order valence-corrected chi connectivity index (χ4v) is 4.28. The lowest BCUT2D eigenvalue weighted by Crippen LogP contribution is -2.34. The smallest absolute Gasteiger partial charge is 0.233 e. The molecule has 0 atom stereocenters. The van der Waals surface area contributed by atoms with Crippen LogP contribution in [-0.2, 0) is 17.0 Å². The Morgan fingerprint density at radius 2 is 2.08 bits per heavy atom. The summed E-state index contributed by atoms with van der Waals surface area (Å²) in [4.78, 5) is 18.9. The minimum atomic E-state index is 0.0801. The van der Waals surface area contributed by atoms with E-state index in [1.54, 1.807) is 11.0 Å². The van der Waals surface area contributed by atoms with Crippen molar-refractivity contribution >= 4 is 46.0 Å². The molecule has 0 fully saturated rings. The maximum absolute atomic E-state index is 12.6. The highest BCUT2D eigenvalue weighted by Crippen LogP contribution is 2.27. The number of hydrogen-bond acceptors (Lipinski definition) is 3. The fourth-order valence-electron chi connectivity index (χ4n) is 2.65. The first-order chi connectivity index (χ1) is 12.0. The second kappa shape index (κ2) is 8.26. The van der Waals surface area contributed by atoms with Gasteiger partial charge in [-0.25, -0.2) is 0 Å². The Morgan fingerprint density at radius 3 is 2.84 bits per heavy atom. The van der Waals surface area contributed by atoms with Crippen LogP contribution in [0.5, 0.6) is 0 Å². The number of carbonyl (C=O) groups excluding carboxylic acids is 1. The Hall–Kier alpha value is -1.49. The molecule has 6 heteroatoms. The topological polar surface area (TPSA) is 32.7 Å². The lowest BCUT2D eigenvalue weighted by molar-refractivity contribution is -0.126. The van der Waals surface area contributed by atoms with Gasteiger partial charge >= 0.3 is 0 Å². The summed E-state index contributed by atoms with van der Waals surface area (Å²) in [7, 11) is 0. The van der Waals surface area contributed by atoms with Crippen LogP contribution in [0.2, 0.25) is 10.0 Å². The van der Waals surface area contributed by atoms with Crippen LogP contribution in [0, 0.1) is 6.92 Å². The van der Waals surface area contributed by atoms with E-state index in [0.29, 0.717) is 35.3 Å². The lowest BCUT2D eigenvalue weighted by atomic mass is 10.1. The minimum Gasteiger partial charge on any atom is -0.289 e. The summed E-state index contributed by atoms with van der Waals surface area (Å²) in [6, 6.07) is 13.5. The van der Waals surface area contributed by atoms with E-state index in [4.69, 9.17) is 23.2 Å². The van der Waals surface area contributed by atoms with Crippen LogP contribution in [0.25, 0.3) is 0 Å². The van der Waals surface area contributed by atoms with E-state index in [1.807, 2.05) is 43.3 Å². The van der Waals surface area contributed by atoms with Crippen LogP contribution in [0.15, 0.2) is 47.5 Å². The second-order valence-corrected chi connectivity index (χ2v) is 7.69. The zero-order valence-corrected chi connectivity index (χ0v) is 16.2. The maximum Gasteiger partial charge on any atom is 0.233 e. The van der Waals surface area contributed by atoms with Gasteiger partial charge in [-0.2, -0.15) is 0 Å². The highest BCUT2D eigenvalue weighted by molar-refractivity contribution is 8.13. The van der Waals surface area contributed by atoms with E-state index in [-0.39, 0.29) is 5.91 Å². The van der Waals surface area contributed by atoms with E-state index in [9.17, 15) is 4.79 Å². The largest absolute Gasteiger partial charge is 0.289 e. The predicted octanol–water partition coefficient (Wildman–Crippen LogP) is 4.98. The summed E-state index contributed by atoms with van der Waals surface area (Å²) < 4.78 is 0. The molecule has 0 spiro atoms. The van der Waals surface area contributed by atoms with Crippen molar-refractivity contribution < 1.29 is 4.79 Å². The molecule has 2 aromatic rings. The normalized spacial score (nSPS) is 13.9. The van der Waals surface area contributed by atoms with Gasteiger partial charge < -0.3 is 0 Å². The zero-order valence-electron chi connectivity index (χ0n) is 13.8. The highest BCUT2D eigenvalue weighted by atomic mass is 35.5. The van der Waals surface area contributed by atoms with Crippen LogP contribution in [0.3, 0.4) is 0 Å².